The van der Waals surface area contributed by atoms with E-state index in [9.17, 15) is 4.79 Å². The van der Waals surface area contributed by atoms with Gasteiger partial charge < -0.3 is 4.74 Å². The van der Waals surface area contributed by atoms with Crippen LogP contribution in [0.25, 0.3) is 0 Å². The number of ketones is 1. The molecule has 0 unspecified atom stereocenters. The van der Waals surface area contributed by atoms with Crippen molar-refractivity contribution in [2.24, 2.45) is 0 Å². The third-order valence-corrected chi connectivity index (χ3v) is 4.38. The summed E-state index contributed by atoms with van der Waals surface area (Å²) in [6.45, 7) is 0. The zero-order valence-corrected chi connectivity index (χ0v) is 13.0. The second-order valence-electron chi connectivity index (χ2n) is 5.01. The quantitative estimate of drug-likeness (QED) is 0.562. The zero-order chi connectivity index (χ0) is 14.7. The Morgan fingerprint density at radius 3 is 2.76 bits per heavy atom. The maximum atomic E-state index is 12.2. The van der Waals surface area contributed by atoms with E-state index in [2.05, 4.69) is 0 Å². The minimum Gasteiger partial charge on any atom is -0.490 e. The molecule has 0 amide bonds. The minimum atomic E-state index is 0.0984. The molecule has 3 rings (SSSR count). The van der Waals surface area contributed by atoms with Gasteiger partial charge in [-0.05, 0) is 43.2 Å². The lowest BCUT2D eigenvalue weighted by Gasteiger charge is -2.06. The van der Waals surface area contributed by atoms with E-state index in [4.69, 9.17) is 16.3 Å². The molecule has 108 valence electrons. The first-order valence-electron chi connectivity index (χ1n) is 6.89. The summed E-state index contributed by atoms with van der Waals surface area (Å²) in [5, 5.41) is 0.687. The average molecular weight is 319 g/mol. The summed E-state index contributed by atoms with van der Waals surface area (Å²) < 4.78 is 5.72. The fraction of sp³-hybridized carbons (Fsp3) is 0.235. The van der Waals surface area contributed by atoms with Gasteiger partial charge in [-0.25, -0.2) is 0 Å². The Morgan fingerprint density at radius 1 is 1.19 bits per heavy atom. The molecule has 1 aliphatic rings. The van der Waals surface area contributed by atoms with E-state index in [0.717, 1.165) is 23.5 Å². The SMILES string of the molecule is O=C(CSc1cccc(Cl)c1)c1cccc(OC2CC2)c1. The van der Waals surface area contributed by atoms with Crippen molar-refractivity contribution >= 4 is 29.1 Å². The molecule has 0 atom stereocenters. The van der Waals surface area contributed by atoms with E-state index >= 15 is 0 Å². The molecule has 0 spiro atoms. The lowest BCUT2D eigenvalue weighted by atomic mass is 10.1. The molecule has 0 aromatic heterocycles. The van der Waals surface area contributed by atoms with Gasteiger partial charge in [0.15, 0.2) is 5.78 Å². The molecule has 0 radical (unpaired) electrons. The van der Waals surface area contributed by atoms with Crippen molar-refractivity contribution in [1.82, 2.24) is 0 Å². The maximum absolute atomic E-state index is 12.2. The van der Waals surface area contributed by atoms with Crippen LogP contribution in [0, 0.1) is 0 Å². The number of thioether (sulfide) groups is 1. The molecule has 21 heavy (non-hydrogen) atoms. The van der Waals surface area contributed by atoms with Crippen LogP contribution in [0.4, 0.5) is 0 Å². The summed E-state index contributed by atoms with van der Waals surface area (Å²) >= 11 is 7.43. The van der Waals surface area contributed by atoms with E-state index in [1.165, 1.54) is 11.8 Å². The van der Waals surface area contributed by atoms with Gasteiger partial charge in [-0.15, -0.1) is 11.8 Å². The fourth-order valence-corrected chi connectivity index (χ4v) is 3.01. The van der Waals surface area contributed by atoms with Crippen molar-refractivity contribution in [2.45, 2.75) is 23.8 Å². The largest absolute Gasteiger partial charge is 0.490 e. The van der Waals surface area contributed by atoms with Gasteiger partial charge in [-0.1, -0.05) is 29.8 Å². The zero-order valence-electron chi connectivity index (χ0n) is 11.4. The van der Waals surface area contributed by atoms with E-state index < -0.39 is 0 Å². The molecule has 2 aromatic rings. The van der Waals surface area contributed by atoms with Crippen LogP contribution < -0.4 is 4.74 Å². The summed E-state index contributed by atoms with van der Waals surface area (Å²) in [6.07, 6.45) is 2.57. The molecule has 1 aliphatic carbocycles. The monoisotopic (exact) mass is 318 g/mol. The third-order valence-electron chi connectivity index (χ3n) is 3.15. The van der Waals surface area contributed by atoms with Crippen molar-refractivity contribution < 1.29 is 9.53 Å². The highest BCUT2D eigenvalue weighted by atomic mass is 35.5. The van der Waals surface area contributed by atoms with Crippen LogP contribution in [0.2, 0.25) is 5.02 Å². The lowest BCUT2D eigenvalue weighted by Crippen LogP contribution is -2.03. The van der Waals surface area contributed by atoms with Gasteiger partial charge in [0, 0.05) is 15.5 Å². The Bertz CT molecular complexity index is 653. The number of ether oxygens (including phenoxy) is 1. The molecule has 4 heteroatoms. The lowest BCUT2D eigenvalue weighted by molar-refractivity contribution is 0.102. The molecule has 0 saturated heterocycles. The number of hydrogen-bond acceptors (Lipinski definition) is 3. The Balaban J connectivity index is 1.61. The van der Waals surface area contributed by atoms with E-state index in [0.29, 0.717) is 22.4 Å². The molecule has 0 heterocycles. The third kappa shape index (κ3) is 4.26. The highest BCUT2D eigenvalue weighted by Crippen LogP contribution is 2.28. The number of Topliss-reactive ketones (excluding diaryl/α,β-unsaturated/α-hetero) is 1. The van der Waals surface area contributed by atoms with Crippen LogP contribution in [-0.2, 0) is 0 Å². The summed E-state index contributed by atoms with van der Waals surface area (Å²) in [4.78, 5) is 13.2. The fourth-order valence-electron chi connectivity index (χ4n) is 1.91. The predicted octanol–water partition coefficient (Wildman–Crippen LogP) is 4.86. The summed E-state index contributed by atoms with van der Waals surface area (Å²) in [6, 6.07) is 15.0. The molecule has 1 saturated carbocycles. The predicted molar refractivity (Wildman–Crippen MR) is 86.6 cm³/mol. The number of carbonyl (C=O) groups excluding carboxylic acids is 1. The number of rotatable bonds is 6. The highest BCUT2D eigenvalue weighted by Gasteiger charge is 2.23. The topological polar surface area (TPSA) is 26.3 Å². The first kappa shape index (κ1) is 14.5. The van der Waals surface area contributed by atoms with Crippen LogP contribution in [-0.4, -0.2) is 17.6 Å². The van der Waals surface area contributed by atoms with Gasteiger partial charge in [-0.3, -0.25) is 4.79 Å². The second-order valence-corrected chi connectivity index (χ2v) is 6.50. The van der Waals surface area contributed by atoms with Gasteiger partial charge in [-0.2, -0.15) is 0 Å². The molecule has 0 bridgehead atoms. The standard InChI is InChI=1S/C17H15ClO2S/c18-13-4-2-6-16(10-13)21-11-17(19)12-3-1-5-15(9-12)20-14-7-8-14/h1-6,9-10,14H,7-8,11H2. The summed E-state index contributed by atoms with van der Waals surface area (Å²) in [5.74, 6) is 1.28. The molecule has 2 aromatic carbocycles. The molecule has 0 N–H and O–H groups in total. The van der Waals surface area contributed by atoms with E-state index in [1.807, 2.05) is 48.5 Å². The van der Waals surface area contributed by atoms with E-state index in [1.54, 1.807) is 0 Å². The average Bonchev–Trinajstić information content (AvgIpc) is 3.29. The van der Waals surface area contributed by atoms with Crippen molar-refractivity contribution in [1.29, 1.82) is 0 Å². The first-order valence-corrected chi connectivity index (χ1v) is 8.25. The first-order chi connectivity index (χ1) is 10.2. The van der Waals surface area contributed by atoms with Crippen molar-refractivity contribution in [3.8, 4) is 5.75 Å². The van der Waals surface area contributed by atoms with Gasteiger partial charge in [0.25, 0.3) is 0 Å². The molecule has 0 aliphatic heterocycles. The number of benzene rings is 2. The summed E-state index contributed by atoms with van der Waals surface area (Å²) in [7, 11) is 0. The highest BCUT2D eigenvalue weighted by molar-refractivity contribution is 8.00. The van der Waals surface area contributed by atoms with Crippen LogP contribution in [0.15, 0.2) is 53.4 Å². The molecular formula is C17H15ClO2S. The van der Waals surface area contributed by atoms with Crippen LogP contribution in [0.1, 0.15) is 23.2 Å². The maximum Gasteiger partial charge on any atom is 0.173 e. The van der Waals surface area contributed by atoms with Crippen LogP contribution in [0.3, 0.4) is 0 Å². The second kappa shape index (κ2) is 6.54. The van der Waals surface area contributed by atoms with E-state index in [-0.39, 0.29) is 5.78 Å². The van der Waals surface area contributed by atoms with Crippen molar-refractivity contribution in [2.75, 3.05) is 5.75 Å². The Kier molecular flexibility index (Phi) is 4.51. The minimum absolute atomic E-state index is 0.0984. The van der Waals surface area contributed by atoms with Gasteiger partial charge in [0.1, 0.15) is 5.75 Å². The van der Waals surface area contributed by atoms with Crippen molar-refractivity contribution in [3.05, 3.63) is 59.1 Å². The van der Waals surface area contributed by atoms with Gasteiger partial charge in [0.05, 0.1) is 11.9 Å². The van der Waals surface area contributed by atoms with Crippen LogP contribution >= 0.6 is 23.4 Å². The Labute approximate surface area is 133 Å². The molecule has 1 fully saturated rings. The Morgan fingerprint density at radius 2 is 2.00 bits per heavy atom. The van der Waals surface area contributed by atoms with Gasteiger partial charge >= 0.3 is 0 Å². The van der Waals surface area contributed by atoms with Gasteiger partial charge in [0.2, 0.25) is 0 Å². The van der Waals surface area contributed by atoms with Crippen molar-refractivity contribution in [3.63, 3.8) is 0 Å². The summed E-state index contributed by atoms with van der Waals surface area (Å²) in [5.41, 5.74) is 0.697. The Hall–Kier alpha value is -1.45. The normalized spacial score (nSPS) is 14.0. The molecule has 2 nitrogen and oxygen atoms in total. The number of hydrogen-bond donors (Lipinski definition) is 0. The number of halogens is 1. The smallest absolute Gasteiger partial charge is 0.173 e. The number of carbonyl (C=O) groups is 1. The van der Waals surface area contributed by atoms with Crippen LogP contribution in [0.5, 0.6) is 5.75 Å². The molecular weight excluding hydrogens is 304 g/mol.